The molecule has 0 aromatic carbocycles. The highest BCUT2D eigenvalue weighted by atomic mass is 32.2. The molecule has 3 heterocycles. The molecule has 0 spiro atoms. The summed E-state index contributed by atoms with van der Waals surface area (Å²) in [4.78, 5) is 11.3. The van der Waals surface area contributed by atoms with Crippen LogP contribution in [0.2, 0.25) is 0 Å². The number of sulfonamides is 1. The van der Waals surface area contributed by atoms with Gasteiger partial charge in [-0.15, -0.1) is 0 Å². The monoisotopic (exact) mass is 462 g/mol. The van der Waals surface area contributed by atoms with E-state index in [0.29, 0.717) is 44.2 Å². The SMILES string of the molecule is CC1(OC2CCC3NNC(c4cc(N5CCN(S(=O)(=O)C6CC6)CC5)ncn4)C3C2)CC1. The molecule has 4 atom stereocenters. The molecular formula is C22H34N6O3S. The number of nitrogens with zero attached hydrogens (tertiary/aromatic N) is 4. The van der Waals surface area contributed by atoms with Crippen LogP contribution < -0.4 is 15.8 Å². The van der Waals surface area contributed by atoms with Gasteiger partial charge in [-0.25, -0.2) is 23.8 Å². The molecule has 4 unspecified atom stereocenters. The molecule has 6 rings (SSSR count). The number of nitrogens with one attached hydrogen (secondary N) is 2. The average Bonchev–Trinajstić information content (AvgIpc) is 3.73. The van der Waals surface area contributed by atoms with Gasteiger partial charge in [-0.1, -0.05) is 0 Å². The number of piperazine rings is 1. The van der Waals surface area contributed by atoms with Gasteiger partial charge in [0.1, 0.15) is 12.1 Å². The Morgan fingerprint density at radius 1 is 1.06 bits per heavy atom. The van der Waals surface area contributed by atoms with Crippen LogP contribution in [0.1, 0.15) is 63.6 Å². The van der Waals surface area contributed by atoms with Crippen molar-refractivity contribution in [2.75, 3.05) is 31.1 Å². The minimum Gasteiger partial charge on any atom is -0.372 e. The van der Waals surface area contributed by atoms with Crippen molar-refractivity contribution in [3.63, 3.8) is 0 Å². The first kappa shape index (κ1) is 21.2. The molecule has 10 heteroatoms. The first-order valence-electron chi connectivity index (χ1n) is 12.2. The molecule has 0 radical (unpaired) electrons. The van der Waals surface area contributed by atoms with Crippen LogP contribution in [0.15, 0.2) is 12.4 Å². The van der Waals surface area contributed by atoms with E-state index in [-0.39, 0.29) is 16.9 Å². The van der Waals surface area contributed by atoms with Crippen molar-refractivity contribution in [2.24, 2.45) is 5.92 Å². The number of hydrazine groups is 1. The zero-order chi connectivity index (χ0) is 21.9. The third-order valence-corrected chi connectivity index (χ3v) is 10.4. The highest BCUT2D eigenvalue weighted by Crippen LogP contribution is 2.45. The Morgan fingerprint density at radius 3 is 2.56 bits per heavy atom. The van der Waals surface area contributed by atoms with Gasteiger partial charge in [-0.05, 0) is 51.9 Å². The molecule has 2 N–H and O–H groups in total. The summed E-state index contributed by atoms with van der Waals surface area (Å²) in [7, 11) is -3.10. The number of hydrogen-bond donors (Lipinski definition) is 2. The smallest absolute Gasteiger partial charge is 0.217 e. The third kappa shape index (κ3) is 4.04. The maximum atomic E-state index is 12.5. The first-order chi connectivity index (χ1) is 15.4. The fourth-order valence-corrected chi connectivity index (χ4v) is 7.39. The molecule has 1 aromatic heterocycles. The van der Waals surface area contributed by atoms with Crippen LogP contribution in [0.3, 0.4) is 0 Å². The van der Waals surface area contributed by atoms with Crippen LogP contribution in [0, 0.1) is 5.92 Å². The Morgan fingerprint density at radius 2 is 1.84 bits per heavy atom. The highest BCUT2D eigenvalue weighted by Gasteiger charge is 2.46. The molecule has 3 aliphatic carbocycles. The van der Waals surface area contributed by atoms with Crippen molar-refractivity contribution < 1.29 is 13.2 Å². The van der Waals surface area contributed by atoms with Gasteiger partial charge < -0.3 is 9.64 Å². The van der Waals surface area contributed by atoms with Crippen LogP contribution in [-0.2, 0) is 14.8 Å². The van der Waals surface area contributed by atoms with Crippen molar-refractivity contribution in [2.45, 2.75) is 80.9 Å². The lowest BCUT2D eigenvalue weighted by Gasteiger charge is -2.35. The zero-order valence-corrected chi connectivity index (χ0v) is 19.6. The molecule has 5 fully saturated rings. The fourth-order valence-electron chi connectivity index (χ4n) is 5.57. The predicted octanol–water partition coefficient (Wildman–Crippen LogP) is 1.35. The maximum absolute atomic E-state index is 12.5. The number of rotatable bonds is 6. The van der Waals surface area contributed by atoms with Gasteiger partial charge in [0, 0.05) is 44.2 Å². The molecule has 176 valence electrons. The second-order valence-corrected chi connectivity index (χ2v) is 12.7. The van der Waals surface area contributed by atoms with Crippen molar-refractivity contribution in [3.8, 4) is 0 Å². The Hall–Kier alpha value is -1.33. The molecule has 2 saturated heterocycles. The van der Waals surface area contributed by atoms with Crippen molar-refractivity contribution >= 4 is 15.8 Å². The molecule has 0 bridgehead atoms. The van der Waals surface area contributed by atoms with E-state index in [4.69, 9.17) is 4.74 Å². The van der Waals surface area contributed by atoms with E-state index in [1.165, 1.54) is 12.8 Å². The lowest BCUT2D eigenvalue weighted by Crippen LogP contribution is -2.49. The lowest BCUT2D eigenvalue weighted by molar-refractivity contribution is -0.0500. The standard InChI is InChI=1S/C22H34N6O3S/c1-22(6-7-22)31-15-2-5-18-17(12-15)21(26-25-18)19-13-20(24-14-23-19)27-8-10-28(11-9-27)32(29,30)16-3-4-16/h13-18,21,25-26H,2-12H2,1H3. The van der Waals surface area contributed by atoms with E-state index in [2.05, 4.69) is 38.7 Å². The fraction of sp³-hybridized carbons (Fsp3) is 0.818. The minimum atomic E-state index is -3.10. The minimum absolute atomic E-state index is 0.115. The van der Waals surface area contributed by atoms with Crippen molar-refractivity contribution in [1.29, 1.82) is 0 Å². The molecule has 2 aliphatic heterocycles. The number of ether oxygens (including phenoxy) is 1. The van der Waals surface area contributed by atoms with Crippen molar-refractivity contribution in [3.05, 3.63) is 18.1 Å². The second-order valence-electron chi connectivity index (χ2n) is 10.5. The maximum Gasteiger partial charge on any atom is 0.217 e. The first-order valence-corrected chi connectivity index (χ1v) is 13.7. The van der Waals surface area contributed by atoms with Crippen LogP contribution in [-0.4, -0.2) is 71.9 Å². The average molecular weight is 463 g/mol. The summed E-state index contributed by atoms with van der Waals surface area (Å²) >= 11 is 0. The Bertz CT molecular complexity index is 958. The molecule has 3 saturated carbocycles. The second kappa shape index (κ2) is 7.87. The van der Waals surface area contributed by atoms with E-state index >= 15 is 0 Å². The van der Waals surface area contributed by atoms with Gasteiger partial charge in [0.25, 0.3) is 0 Å². The topological polar surface area (TPSA) is 99.7 Å². The normalized spacial score (nSPS) is 35.0. The third-order valence-electron chi connectivity index (χ3n) is 7.97. The van der Waals surface area contributed by atoms with E-state index in [1.54, 1.807) is 10.6 Å². The van der Waals surface area contributed by atoms with Crippen LogP contribution >= 0.6 is 0 Å². The summed E-state index contributed by atoms with van der Waals surface area (Å²) in [6.45, 7) is 4.63. The van der Waals surface area contributed by atoms with E-state index in [1.807, 2.05) is 0 Å². The summed E-state index contributed by atoms with van der Waals surface area (Å²) in [6.07, 6.45) is 9.24. The van der Waals surface area contributed by atoms with Crippen molar-refractivity contribution in [1.82, 2.24) is 25.1 Å². The molecule has 1 aromatic rings. The summed E-state index contributed by atoms with van der Waals surface area (Å²) in [5.41, 5.74) is 8.10. The van der Waals surface area contributed by atoms with Gasteiger partial charge in [-0.3, -0.25) is 5.43 Å². The van der Waals surface area contributed by atoms with E-state index in [0.717, 1.165) is 43.6 Å². The number of aromatic nitrogens is 2. The summed E-state index contributed by atoms with van der Waals surface area (Å²) in [6, 6.07) is 2.66. The van der Waals surface area contributed by atoms with Crippen LogP contribution in [0.5, 0.6) is 0 Å². The predicted molar refractivity (Wildman–Crippen MR) is 120 cm³/mol. The summed E-state index contributed by atoms with van der Waals surface area (Å²) in [5, 5.41) is -0.139. The lowest BCUT2D eigenvalue weighted by atomic mass is 9.79. The zero-order valence-electron chi connectivity index (χ0n) is 18.7. The molecule has 5 aliphatic rings. The van der Waals surface area contributed by atoms with Gasteiger partial charge in [0.15, 0.2) is 0 Å². The van der Waals surface area contributed by atoms with Gasteiger partial charge in [-0.2, -0.15) is 4.31 Å². The van der Waals surface area contributed by atoms with E-state index < -0.39 is 10.0 Å². The number of fused-ring (bicyclic) bond motifs is 1. The molecular weight excluding hydrogens is 428 g/mol. The molecule has 9 nitrogen and oxygen atoms in total. The Labute approximate surface area is 190 Å². The van der Waals surface area contributed by atoms with Crippen LogP contribution in [0.4, 0.5) is 5.82 Å². The number of anilines is 1. The largest absolute Gasteiger partial charge is 0.372 e. The quantitative estimate of drug-likeness (QED) is 0.654. The van der Waals surface area contributed by atoms with Gasteiger partial charge in [0.2, 0.25) is 10.0 Å². The summed E-state index contributed by atoms with van der Waals surface area (Å²) in [5.74, 6) is 1.33. The molecule has 32 heavy (non-hydrogen) atoms. The van der Waals surface area contributed by atoms with Crippen LogP contribution in [0.25, 0.3) is 0 Å². The van der Waals surface area contributed by atoms with E-state index in [9.17, 15) is 8.42 Å². The van der Waals surface area contributed by atoms with Gasteiger partial charge >= 0.3 is 0 Å². The molecule has 0 amide bonds. The number of hydrogen-bond acceptors (Lipinski definition) is 8. The Kier molecular flexibility index (Phi) is 5.22. The highest BCUT2D eigenvalue weighted by molar-refractivity contribution is 7.90. The summed E-state index contributed by atoms with van der Waals surface area (Å²) < 4.78 is 33.1. The van der Waals surface area contributed by atoms with Gasteiger partial charge in [0.05, 0.1) is 28.7 Å². The Balaban J connectivity index is 1.12.